The molecule has 0 saturated heterocycles. The summed E-state index contributed by atoms with van der Waals surface area (Å²) in [6, 6.07) is 6.45. The standard InChI is InChI=1S/C13H13FO2S/c1-9(15)11-2-3-13(12(14)6-11)16-7-10-4-5-17-8-10/h2-6,8-9,15H,7H2,1H3/t9-/m0/s1. The summed E-state index contributed by atoms with van der Waals surface area (Å²) in [4.78, 5) is 0. The highest BCUT2D eigenvalue weighted by Gasteiger charge is 2.08. The first kappa shape index (κ1) is 12.1. The van der Waals surface area contributed by atoms with E-state index >= 15 is 0 Å². The summed E-state index contributed by atoms with van der Waals surface area (Å²) in [5.74, 6) is -0.237. The maximum atomic E-state index is 13.6. The van der Waals surface area contributed by atoms with E-state index in [0.717, 1.165) is 5.56 Å². The first-order valence-electron chi connectivity index (χ1n) is 5.28. The lowest BCUT2D eigenvalue weighted by Crippen LogP contribution is -1.98. The van der Waals surface area contributed by atoms with Crippen LogP contribution in [0.3, 0.4) is 0 Å². The van der Waals surface area contributed by atoms with Crippen LogP contribution in [0.25, 0.3) is 0 Å². The highest BCUT2D eigenvalue weighted by Crippen LogP contribution is 2.23. The molecular weight excluding hydrogens is 239 g/mol. The molecule has 17 heavy (non-hydrogen) atoms. The number of halogens is 1. The molecule has 2 nitrogen and oxygen atoms in total. The average molecular weight is 252 g/mol. The highest BCUT2D eigenvalue weighted by molar-refractivity contribution is 7.07. The van der Waals surface area contributed by atoms with Crippen molar-refractivity contribution in [1.29, 1.82) is 0 Å². The van der Waals surface area contributed by atoms with Gasteiger partial charge in [-0.15, -0.1) is 0 Å². The zero-order valence-corrected chi connectivity index (χ0v) is 10.2. The first-order valence-corrected chi connectivity index (χ1v) is 6.22. The number of benzene rings is 1. The van der Waals surface area contributed by atoms with E-state index in [2.05, 4.69) is 0 Å². The molecule has 0 aliphatic carbocycles. The third-order valence-electron chi connectivity index (χ3n) is 2.41. The Morgan fingerprint density at radius 1 is 1.41 bits per heavy atom. The van der Waals surface area contributed by atoms with Crippen LogP contribution in [0, 0.1) is 5.82 Å². The number of hydrogen-bond donors (Lipinski definition) is 1. The van der Waals surface area contributed by atoms with Crippen molar-refractivity contribution in [3.8, 4) is 5.75 Å². The molecule has 0 fully saturated rings. The summed E-state index contributed by atoms with van der Waals surface area (Å²) in [6.45, 7) is 1.95. The van der Waals surface area contributed by atoms with E-state index in [9.17, 15) is 9.50 Å². The summed E-state index contributed by atoms with van der Waals surface area (Å²) in [5, 5.41) is 13.2. The molecule has 0 aliphatic rings. The smallest absolute Gasteiger partial charge is 0.165 e. The molecule has 1 aromatic carbocycles. The van der Waals surface area contributed by atoms with Crippen molar-refractivity contribution in [3.05, 3.63) is 52.0 Å². The average Bonchev–Trinajstić information content (AvgIpc) is 2.80. The Morgan fingerprint density at radius 3 is 2.82 bits per heavy atom. The minimum atomic E-state index is -0.671. The van der Waals surface area contributed by atoms with Gasteiger partial charge in [0.05, 0.1) is 6.10 Å². The van der Waals surface area contributed by atoms with E-state index < -0.39 is 11.9 Å². The molecule has 0 amide bonds. The van der Waals surface area contributed by atoms with Crippen molar-refractivity contribution < 1.29 is 14.2 Å². The molecule has 1 N–H and O–H groups in total. The van der Waals surface area contributed by atoms with Crippen LogP contribution in [0.4, 0.5) is 4.39 Å². The van der Waals surface area contributed by atoms with E-state index in [4.69, 9.17) is 4.74 Å². The van der Waals surface area contributed by atoms with Crippen molar-refractivity contribution in [2.75, 3.05) is 0 Å². The highest BCUT2D eigenvalue weighted by atomic mass is 32.1. The fourth-order valence-corrected chi connectivity index (χ4v) is 2.08. The first-order chi connectivity index (χ1) is 8.16. The molecule has 0 radical (unpaired) electrons. The lowest BCUT2D eigenvalue weighted by Gasteiger charge is -2.09. The number of aliphatic hydroxyl groups excluding tert-OH is 1. The van der Waals surface area contributed by atoms with Gasteiger partial charge in [0.25, 0.3) is 0 Å². The molecular formula is C13H13FO2S. The fourth-order valence-electron chi connectivity index (χ4n) is 1.43. The van der Waals surface area contributed by atoms with Gasteiger partial charge in [-0.05, 0) is 47.0 Å². The Hall–Kier alpha value is -1.39. The Labute approximate surface area is 103 Å². The summed E-state index contributed by atoms with van der Waals surface area (Å²) in [7, 11) is 0. The van der Waals surface area contributed by atoms with Crippen LogP contribution < -0.4 is 4.74 Å². The normalized spacial score (nSPS) is 12.4. The zero-order valence-electron chi connectivity index (χ0n) is 9.39. The Morgan fingerprint density at radius 2 is 2.24 bits per heavy atom. The number of thiophene rings is 1. The predicted molar refractivity (Wildman–Crippen MR) is 65.7 cm³/mol. The Bertz CT molecular complexity index is 480. The van der Waals surface area contributed by atoms with Crippen LogP contribution in [0.5, 0.6) is 5.75 Å². The van der Waals surface area contributed by atoms with Crippen molar-refractivity contribution in [2.45, 2.75) is 19.6 Å². The van der Waals surface area contributed by atoms with Crippen LogP contribution in [-0.4, -0.2) is 5.11 Å². The zero-order chi connectivity index (χ0) is 12.3. The van der Waals surface area contributed by atoms with Gasteiger partial charge in [0.15, 0.2) is 11.6 Å². The van der Waals surface area contributed by atoms with Crippen LogP contribution in [0.15, 0.2) is 35.0 Å². The van der Waals surface area contributed by atoms with Crippen molar-refractivity contribution in [2.24, 2.45) is 0 Å². The number of rotatable bonds is 4. The topological polar surface area (TPSA) is 29.5 Å². The van der Waals surface area contributed by atoms with Crippen LogP contribution >= 0.6 is 11.3 Å². The summed E-state index contributed by atoms with van der Waals surface area (Å²) in [5.41, 5.74) is 1.57. The Balaban J connectivity index is 2.06. The maximum absolute atomic E-state index is 13.6. The fraction of sp³-hybridized carbons (Fsp3) is 0.231. The van der Waals surface area contributed by atoms with E-state index in [1.165, 1.54) is 6.07 Å². The molecule has 1 atom stereocenters. The maximum Gasteiger partial charge on any atom is 0.165 e. The van der Waals surface area contributed by atoms with Gasteiger partial charge < -0.3 is 9.84 Å². The number of ether oxygens (including phenoxy) is 1. The van der Waals surface area contributed by atoms with Gasteiger partial charge in [-0.25, -0.2) is 4.39 Å². The van der Waals surface area contributed by atoms with Gasteiger partial charge in [-0.3, -0.25) is 0 Å². The minimum Gasteiger partial charge on any atom is -0.486 e. The largest absolute Gasteiger partial charge is 0.486 e. The van der Waals surface area contributed by atoms with Gasteiger partial charge in [-0.1, -0.05) is 6.07 Å². The molecule has 2 rings (SSSR count). The third-order valence-corrected chi connectivity index (χ3v) is 3.14. The van der Waals surface area contributed by atoms with Crippen molar-refractivity contribution in [3.63, 3.8) is 0 Å². The molecule has 0 bridgehead atoms. The molecule has 0 aliphatic heterocycles. The van der Waals surface area contributed by atoms with Gasteiger partial charge >= 0.3 is 0 Å². The molecule has 90 valence electrons. The molecule has 0 spiro atoms. The predicted octanol–water partition coefficient (Wildman–Crippen LogP) is 3.52. The molecule has 2 aromatic rings. The second kappa shape index (κ2) is 5.29. The number of aliphatic hydroxyl groups is 1. The second-order valence-corrected chi connectivity index (χ2v) is 4.57. The van der Waals surface area contributed by atoms with Gasteiger partial charge in [0.1, 0.15) is 6.61 Å². The van der Waals surface area contributed by atoms with E-state index in [1.54, 1.807) is 30.4 Å². The summed E-state index contributed by atoms with van der Waals surface area (Å²) >= 11 is 1.58. The molecule has 1 heterocycles. The lowest BCUT2D eigenvalue weighted by molar-refractivity contribution is 0.198. The third kappa shape index (κ3) is 3.05. The van der Waals surface area contributed by atoms with E-state index in [-0.39, 0.29) is 5.75 Å². The lowest BCUT2D eigenvalue weighted by atomic mass is 10.1. The SMILES string of the molecule is C[C@H](O)c1ccc(OCc2ccsc2)c(F)c1. The minimum absolute atomic E-state index is 0.209. The van der Waals surface area contributed by atoms with Crippen molar-refractivity contribution >= 4 is 11.3 Å². The Kier molecular flexibility index (Phi) is 3.76. The van der Waals surface area contributed by atoms with Crippen LogP contribution in [0.1, 0.15) is 24.2 Å². The molecule has 0 unspecified atom stereocenters. The van der Waals surface area contributed by atoms with E-state index in [0.29, 0.717) is 12.2 Å². The van der Waals surface area contributed by atoms with Crippen molar-refractivity contribution in [1.82, 2.24) is 0 Å². The van der Waals surface area contributed by atoms with Gasteiger partial charge in [-0.2, -0.15) is 11.3 Å². The van der Waals surface area contributed by atoms with Gasteiger partial charge in [0.2, 0.25) is 0 Å². The van der Waals surface area contributed by atoms with E-state index in [1.807, 2.05) is 16.8 Å². The number of hydrogen-bond acceptors (Lipinski definition) is 3. The van der Waals surface area contributed by atoms with Crippen LogP contribution in [0.2, 0.25) is 0 Å². The van der Waals surface area contributed by atoms with Crippen LogP contribution in [-0.2, 0) is 6.61 Å². The molecule has 0 saturated carbocycles. The summed E-state index contributed by atoms with van der Waals surface area (Å²) in [6.07, 6.45) is -0.671. The van der Waals surface area contributed by atoms with Gasteiger partial charge in [0, 0.05) is 0 Å². The monoisotopic (exact) mass is 252 g/mol. The molecule has 1 aromatic heterocycles. The quantitative estimate of drug-likeness (QED) is 0.902. The molecule has 4 heteroatoms. The second-order valence-electron chi connectivity index (χ2n) is 3.79. The summed E-state index contributed by atoms with van der Waals surface area (Å²) < 4.78 is 19.0.